The summed E-state index contributed by atoms with van der Waals surface area (Å²) in [4.78, 5) is 18.9. The van der Waals surface area contributed by atoms with Crippen LogP contribution in [0.4, 0.5) is 5.13 Å². The van der Waals surface area contributed by atoms with Crippen molar-refractivity contribution < 1.29 is 9.53 Å². The minimum absolute atomic E-state index is 0.357. The van der Waals surface area contributed by atoms with Crippen LogP contribution < -0.4 is 4.90 Å². The molecule has 0 amide bonds. The number of hydrogen-bond donors (Lipinski definition) is 1. The van der Waals surface area contributed by atoms with Crippen LogP contribution in [-0.2, 0) is 11.3 Å². The van der Waals surface area contributed by atoms with E-state index in [2.05, 4.69) is 15.2 Å². The number of aryl methyl sites for hydroxylation is 1. The molecule has 0 fully saturated rings. The Bertz CT molecular complexity index is 550. The number of anilines is 1. The van der Waals surface area contributed by atoms with Gasteiger partial charge in [0.1, 0.15) is 0 Å². The van der Waals surface area contributed by atoms with Crippen molar-refractivity contribution in [1.29, 1.82) is 0 Å². The van der Waals surface area contributed by atoms with Crippen molar-refractivity contribution in [2.24, 2.45) is 0 Å². The average Bonchev–Trinajstić information content (AvgIpc) is 2.98. The topological polar surface area (TPSA) is 71.1 Å². The van der Waals surface area contributed by atoms with Crippen molar-refractivity contribution >= 4 is 22.4 Å². The number of aromatic nitrogens is 3. The molecule has 0 radical (unpaired) electrons. The fourth-order valence-electron chi connectivity index (χ4n) is 1.64. The number of H-pyrrole nitrogens is 1. The van der Waals surface area contributed by atoms with E-state index in [0.717, 1.165) is 15.6 Å². The molecule has 0 aliphatic rings. The van der Waals surface area contributed by atoms with Gasteiger partial charge in [0.15, 0.2) is 10.8 Å². The van der Waals surface area contributed by atoms with E-state index < -0.39 is 0 Å². The first kappa shape index (κ1) is 13.5. The number of thiazole rings is 1. The Morgan fingerprint density at radius 1 is 1.58 bits per heavy atom. The highest BCUT2D eigenvalue weighted by atomic mass is 32.1. The first-order valence-corrected chi connectivity index (χ1v) is 6.76. The quantitative estimate of drug-likeness (QED) is 0.848. The Kier molecular flexibility index (Phi) is 4.16. The zero-order chi connectivity index (χ0) is 13.8. The minimum atomic E-state index is -0.362. The molecular weight excluding hydrogens is 264 g/mol. The van der Waals surface area contributed by atoms with Crippen LogP contribution in [0.25, 0.3) is 0 Å². The third kappa shape index (κ3) is 3.11. The third-order valence-electron chi connectivity index (χ3n) is 2.56. The van der Waals surface area contributed by atoms with Crippen LogP contribution in [0.1, 0.15) is 27.9 Å². The fourth-order valence-corrected chi connectivity index (χ4v) is 2.50. The number of nitrogens with one attached hydrogen (secondary N) is 1. The van der Waals surface area contributed by atoms with Gasteiger partial charge in [-0.25, -0.2) is 9.78 Å². The summed E-state index contributed by atoms with van der Waals surface area (Å²) in [6, 6.07) is 0. The molecule has 0 spiro atoms. The average molecular weight is 280 g/mol. The minimum Gasteiger partial charge on any atom is -0.461 e. The summed E-state index contributed by atoms with van der Waals surface area (Å²) >= 11 is 1.48. The van der Waals surface area contributed by atoms with Gasteiger partial charge in [-0.15, -0.1) is 11.3 Å². The Labute approximate surface area is 115 Å². The van der Waals surface area contributed by atoms with Gasteiger partial charge in [-0.1, -0.05) is 0 Å². The number of ether oxygens (including phenoxy) is 1. The Balaban J connectivity index is 2.12. The zero-order valence-corrected chi connectivity index (χ0v) is 12.0. The molecule has 0 atom stereocenters. The first-order chi connectivity index (χ1) is 9.11. The second kappa shape index (κ2) is 5.83. The van der Waals surface area contributed by atoms with Crippen LogP contribution >= 0.6 is 11.3 Å². The van der Waals surface area contributed by atoms with E-state index in [4.69, 9.17) is 4.74 Å². The first-order valence-electron chi connectivity index (χ1n) is 5.95. The largest absolute Gasteiger partial charge is 0.461 e. The summed E-state index contributed by atoms with van der Waals surface area (Å²) < 4.78 is 4.98. The molecule has 0 bridgehead atoms. The van der Waals surface area contributed by atoms with Gasteiger partial charge in [0, 0.05) is 30.2 Å². The van der Waals surface area contributed by atoms with E-state index in [1.165, 1.54) is 11.3 Å². The molecule has 0 aromatic carbocycles. The monoisotopic (exact) mass is 280 g/mol. The third-order valence-corrected chi connectivity index (χ3v) is 3.64. The highest BCUT2D eigenvalue weighted by Crippen LogP contribution is 2.26. The lowest BCUT2D eigenvalue weighted by atomic mass is 10.3. The standard InChI is InChI=1S/C12H16N4O2S/c1-4-18-11(17)10-8(2)19-12(15-10)16(3)7-9-5-13-14-6-9/h5-6H,4,7H2,1-3H3,(H,13,14). The van der Waals surface area contributed by atoms with E-state index in [1.54, 1.807) is 13.1 Å². The van der Waals surface area contributed by atoms with Crippen LogP contribution in [0.3, 0.4) is 0 Å². The summed E-state index contributed by atoms with van der Waals surface area (Å²) in [5.41, 5.74) is 1.47. The van der Waals surface area contributed by atoms with Crippen LogP contribution in [0.2, 0.25) is 0 Å². The van der Waals surface area contributed by atoms with E-state index in [0.29, 0.717) is 18.8 Å². The van der Waals surface area contributed by atoms with E-state index in [1.807, 2.05) is 25.1 Å². The molecule has 19 heavy (non-hydrogen) atoms. The van der Waals surface area contributed by atoms with Gasteiger partial charge in [-0.2, -0.15) is 5.10 Å². The lowest BCUT2D eigenvalue weighted by Crippen LogP contribution is -2.16. The van der Waals surface area contributed by atoms with Gasteiger partial charge in [0.25, 0.3) is 0 Å². The van der Waals surface area contributed by atoms with Crippen LogP contribution in [0, 0.1) is 6.92 Å². The van der Waals surface area contributed by atoms with Crippen molar-refractivity contribution in [2.45, 2.75) is 20.4 Å². The molecule has 0 aliphatic heterocycles. The van der Waals surface area contributed by atoms with Gasteiger partial charge in [-0.3, -0.25) is 5.10 Å². The number of carbonyl (C=O) groups excluding carboxylic acids is 1. The Morgan fingerprint density at radius 2 is 2.37 bits per heavy atom. The highest BCUT2D eigenvalue weighted by Gasteiger charge is 2.18. The van der Waals surface area contributed by atoms with Crippen molar-refractivity contribution in [1.82, 2.24) is 15.2 Å². The van der Waals surface area contributed by atoms with Gasteiger partial charge in [0.05, 0.1) is 12.8 Å². The molecule has 2 heterocycles. The maximum absolute atomic E-state index is 11.7. The van der Waals surface area contributed by atoms with Crippen molar-refractivity contribution in [3.8, 4) is 0 Å². The molecule has 102 valence electrons. The molecule has 0 saturated heterocycles. The van der Waals surface area contributed by atoms with Crippen molar-refractivity contribution in [2.75, 3.05) is 18.6 Å². The number of carbonyl (C=O) groups is 1. The normalized spacial score (nSPS) is 10.5. The summed E-state index contributed by atoms with van der Waals surface area (Å²) in [6.45, 7) is 4.70. The molecule has 2 rings (SSSR count). The van der Waals surface area contributed by atoms with E-state index in [-0.39, 0.29) is 5.97 Å². The Hall–Kier alpha value is -1.89. The highest BCUT2D eigenvalue weighted by molar-refractivity contribution is 7.15. The van der Waals surface area contributed by atoms with Crippen LogP contribution in [0.15, 0.2) is 12.4 Å². The summed E-state index contributed by atoms with van der Waals surface area (Å²) in [5.74, 6) is -0.362. The SMILES string of the molecule is CCOC(=O)c1nc(N(C)Cc2cn[nH]c2)sc1C. The molecule has 0 unspecified atom stereocenters. The van der Waals surface area contributed by atoms with Gasteiger partial charge in [0.2, 0.25) is 0 Å². The van der Waals surface area contributed by atoms with Gasteiger partial charge in [-0.05, 0) is 13.8 Å². The molecule has 7 heteroatoms. The number of nitrogens with zero attached hydrogens (tertiary/aromatic N) is 3. The van der Waals surface area contributed by atoms with E-state index >= 15 is 0 Å². The second-order valence-electron chi connectivity index (χ2n) is 4.08. The molecular formula is C12H16N4O2S. The smallest absolute Gasteiger partial charge is 0.358 e. The predicted octanol–water partition coefficient (Wildman–Crippen LogP) is 1.99. The molecule has 2 aromatic heterocycles. The number of rotatable bonds is 5. The second-order valence-corrected chi connectivity index (χ2v) is 5.27. The van der Waals surface area contributed by atoms with E-state index in [9.17, 15) is 4.79 Å². The van der Waals surface area contributed by atoms with Crippen molar-refractivity contribution in [3.05, 3.63) is 28.5 Å². The van der Waals surface area contributed by atoms with Crippen molar-refractivity contribution in [3.63, 3.8) is 0 Å². The molecule has 6 nitrogen and oxygen atoms in total. The number of hydrogen-bond acceptors (Lipinski definition) is 6. The predicted molar refractivity (Wildman–Crippen MR) is 73.5 cm³/mol. The molecule has 0 aliphatic carbocycles. The number of aromatic amines is 1. The van der Waals surface area contributed by atoms with Crippen LogP contribution in [0.5, 0.6) is 0 Å². The molecule has 1 N–H and O–H groups in total. The lowest BCUT2D eigenvalue weighted by molar-refractivity contribution is 0.0519. The number of esters is 1. The summed E-state index contributed by atoms with van der Waals surface area (Å²) in [7, 11) is 1.93. The van der Waals surface area contributed by atoms with Gasteiger partial charge < -0.3 is 9.64 Å². The van der Waals surface area contributed by atoms with Gasteiger partial charge >= 0.3 is 5.97 Å². The fraction of sp³-hybridized carbons (Fsp3) is 0.417. The molecule has 2 aromatic rings. The van der Waals surface area contributed by atoms with Crippen LogP contribution in [-0.4, -0.2) is 34.8 Å². The molecule has 0 saturated carbocycles. The Morgan fingerprint density at radius 3 is 3.00 bits per heavy atom. The maximum Gasteiger partial charge on any atom is 0.358 e. The zero-order valence-electron chi connectivity index (χ0n) is 11.1. The maximum atomic E-state index is 11.7. The lowest BCUT2D eigenvalue weighted by Gasteiger charge is -2.13. The summed E-state index contributed by atoms with van der Waals surface area (Å²) in [5, 5.41) is 7.47. The summed E-state index contributed by atoms with van der Waals surface area (Å²) in [6.07, 6.45) is 3.60.